The maximum absolute atomic E-state index is 10.8. The molecular formula is C30H23NO4. The van der Waals surface area contributed by atoms with E-state index in [1.165, 1.54) is 0 Å². The SMILES string of the molecule is O=C(O)/C=C/c1ccc(N(c2ccc(/C=C/C(=O)O)cc2)c2ccc(-c3ccccc3)cc2)cc1. The summed E-state index contributed by atoms with van der Waals surface area (Å²) in [4.78, 5) is 23.7. The zero-order chi connectivity index (χ0) is 24.6. The first-order chi connectivity index (χ1) is 17.0. The molecule has 0 amide bonds. The van der Waals surface area contributed by atoms with E-state index in [2.05, 4.69) is 41.3 Å². The van der Waals surface area contributed by atoms with Crippen molar-refractivity contribution in [3.05, 3.63) is 126 Å². The predicted octanol–water partition coefficient (Wildman–Crippen LogP) is 7.02. The normalized spacial score (nSPS) is 11.1. The molecule has 4 aromatic carbocycles. The van der Waals surface area contributed by atoms with Crippen molar-refractivity contribution in [3.8, 4) is 11.1 Å². The number of carboxylic acid groups (broad SMARTS) is 2. The van der Waals surface area contributed by atoms with Crippen LogP contribution < -0.4 is 4.90 Å². The van der Waals surface area contributed by atoms with Crippen LogP contribution in [-0.2, 0) is 9.59 Å². The molecule has 0 bridgehead atoms. The molecule has 2 N–H and O–H groups in total. The number of rotatable bonds is 8. The number of aliphatic carboxylic acids is 2. The molecule has 4 rings (SSSR count). The van der Waals surface area contributed by atoms with Crippen LogP contribution >= 0.6 is 0 Å². The first kappa shape index (κ1) is 23.3. The number of carboxylic acids is 2. The van der Waals surface area contributed by atoms with Gasteiger partial charge < -0.3 is 15.1 Å². The molecule has 5 nitrogen and oxygen atoms in total. The van der Waals surface area contributed by atoms with E-state index in [0.29, 0.717) is 0 Å². The first-order valence-electron chi connectivity index (χ1n) is 11.0. The Bertz CT molecular complexity index is 1290. The number of hydrogen-bond acceptors (Lipinski definition) is 3. The Hall–Kier alpha value is -4.90. The van der Waals surface area contributed by atoms with Crippen LogP contribution in [-0.4, -0.2) is 22.2 Å². The van der Waals surface area contributed by atoms with Gasteiger partial charge in [0, 0.05) is 29.2 Å². The quantitative estimate of drug-likeness (QED) is 0.276. The molecule has 4 aromatic rings. The van der Waals surface area contributed by atoms with Crippen LogP contribution in [0.25, 0.3) is 23.3 Å². The van der Waals surface area contributed by atoms with Gasteiger partial charge in [-0.1, -0.05) is 66.7 Å². The molecule has 35 heavy (non-hydrogen) atoms. The number of hydrogen-bond donors (Lipinski definition) is 2. The molecule has 0 saturated carbocycles. The zero-order valence-corrected chi connectivity index (χ0v) is 18.8. The van der Waals surface area contributed by atoms with Crippen LogP contribution in [0.5, 0.6) is 0 Å². The van der Waals surface area contributed by atoms with Gasteiger partial charge in [-0.3, -0.25) is 0 Å². The Kier molecular flexibility index (Phi) is 7.19. The second-order valence-corrected chi connectivity index (χ2v) is 7.77. The molecule has 0 unspecified atom stereocenters. The van der Waals surface area contributed by atoms with Gasteiger partial charge in [0.2, 0.25) is 0 Å². The summed E-state index contributed by atoms with van der Waals surface area (Å²) in [5, 5.41) is 17.8. The van der Waals surface area contributed by atoms with Gasteiger partial charge in [0.1, 0.15) is 0 Å². The highest BCUT2D eigenvalue weighted by molar-refractivity contribution is 5.86. The second-order valence-electron chi connectivity index (χ2n) is 7.77. The number of carbonyl (C=O) groups is 2. The molecule has 0 atom stereocenters. The van der Waals surface area contributed by atoms with Crippen molar-refractivity contribution in [2.75, 3.05) is 4.90 Å². The summed E-state index contributed by atoms with van der Waals surface area (Å²) in [6, 6.07) is 33.6. The molecule has 0 aromatic heterocycles. The topological polar surface area (TPSA) is 77.8 Å². The fourth-order valence-electron chi connectivity index (χ4n) is 3.68. The average molecular weight is 462 g/mol. The third-order valence-electron chi connectivity index (χ3n) is 5.37. The summed E-state index contributed by atoms with van der Waals surface area (Å²) >= 11 is 0. The zero-order valence-electron chi connectivity index (χ0n) is 18.8. The lowest BCUT2D eigenvalue weighted by atomic mass is 10.0. The molecule has 0 aliphatic heterocycles. The second kappa shape index (κ2) is 10.8. The Labute approximate surface area is 203 Å². The number of benzene rings is 4. The van der Waals surface area contributed by atoms with Crippen LogP contribution in [0.1, 0.15) is 11.1 Å². The number of nitrogens with zero attached hydrogens (tertiary/aromatic N) is 1. The summed E-state index contributed by atoms with van der Waals surface area (Å²) in [7, 11) is 0. The Morgan fingerprint density at radius 1 is 0.514 bits per heavy atom. The van der Waals surface area contributed by atoms with Crippen LogP contribution in [0.15, 0.2) is 115 Å². The van der Waals surface area contributed by atoms with Gasteiger partial charge in [-0.15, -0.1) is 0 Å². The lowest BCUT2D eigenvalue weighted by molar-refractivity contribution is -0.132. The summed E-state index contributed by atoms with van der Waals surface area (Å²) in [6.45, 7) is 0. The predicted molar refractivity (Wildman–Crippen MR) is 140 cm³/mol. The maximum atomic E-state index is 10.8. The van der Waals surface area contributed by atoms with E-state index in [9.17, 15) is 9.59 Å². The maximum Gasteiger partial charge on any atom is 0.328 e. The fraction of sp³-hybridized carbons (Fsp3) is 0. The van der Waals surface area contributed by atoms with Gasteiger partial charge in [0.25, 0.3) is 0 Å². The summed E-state index contributed by atoms with van der Waals surface area (Å²) < 4.78 is 0. The highest BCUT2D eigenvalue weighted by atomic mass is 16.4. The monoisotopic (exact) mass is 461 g/mol. The molecule has 172 valence electrons. The molecule has 0 heterocycles. The van der Waals surface area contributed by atoms with Crippen LogP contribution in [0.4, 0.5) is 17.1 Å². The lowest BCUT2D eigenvalue weighted by Crippen LogP contribution is -2.09. The van der Waals surface area contributed by atoms with Crippen molar-refractivity contribution in [2.45, 2.75) is 0 Å². The van der Waals surface area contributed by atoms with Gasteiger partial charge >= 0.3 is 11.9 Å². The van der Waals surface area contributed by atoms with Crippen molar-refractivity contribution in [2.24, 2.45) is 0 Å². The van der Waals surface area contributed by atoms with Gasteiger partial charge in [-0.25, -0.2) is 9.59 Å². The minimum Gasteiger partial charge on any atom is -0.478 e. The van der Waals surface area contributed by atoms with Gasteiger partial charge in [0.15, 0.2) is 0 Å². The highest BCUT2D eigenvalue weighted by Gasteiger charge is 2.13. The van der Waals surface area contributed by atoms with Gasteiger partial charge in [-0.05, 0) is 70.8 Å². The van der Waals surface area contributed by atoms with Gasteiger partial charge in [0.05, 0.1) is 0 Å². The van der Waals surface area contributed by atoms with E-state index in [4.69, 9.17) is 10.2 Å². The third-order valence-corrected chi connectivity index (χ3v) is 5.37. The van der Waals surface area contributed by atoms with Crippen LogP contribution in [0, 0.1) is 0 Å². The van der Waals surface area contributed by atoms with Crippen molar-refractivity contribution in [1.29, 1.82) is 0 Å². The molecule has 0 spiro atoms. The average Bonchev–Trinajstić information content (AvgIpc) is 2.89. The lowest BCUT2D eigenvalue weighted by Gasteiger charge is -2.26. The molecule has 0 radical (unpaired) electrons. The van der Waals surface area contributed by atoms with E-state index in [-0.39, 0.29) is 0 Å². The minimum atomic E-state index is -0.994. The van der Waals surface area contributed by atoms with Crippen molar-refractivity contribution < 1.29 is 19.8 Å². The molecule has 0 aliphatic carbocycles. The summed E-state index contributed by atoms with van der Waals surface area (Å²) in [5.74, 6) is -1.99. The Morgan fingerprint density at radius 2 is 0.886 bits per heavy atom. The molecule has 0 fully saturated rings. The van der Waals surface area contributed by atoms with Gasteiger partial charge in [-0.2, -0.15) is 0 Å². The smallest absolute Gasteiger partial charge is 0.328 e. The van der Waals surface area contributed by atoms with Crippen LogP contribution in [0.3, 0.4) is 0 Å². The van der Waals surface area contributed by atoms with Crippen molar-refractivity contribution in [1.82, 2.24) is 0 Å². The molecule has 5 heteroatoms. The first-order valence-corrected chi connectivity index (χ1v) is 11.0. The highest BCUT2D eigenvalue weighted by Crippen LogP contribution is 2.36. The number of anilines is 3. The molecular weight excluding hydrogens is 438 g/mol. The van der Waals surface area contributed by atoms with E-state index < -0.39 is 11.9 Å². The van der Waals surface area contributed by atoms with E-state index in [1.807, 2.05) is 66.7 Å². The van der Waals surface area contributed by atoms with E-state index in [1.54, 1.807) is 12.2 Å². The molecule has 0 saturated heterocycles. The minimum absolute atomic E-state index is 0.782. The van der Waals surface area contributed by atoms with Crippen molar-refractivity contribution >= 4 is 41.2 Å². The fourth-order valence-corrected chi connectivity index (χ4v) is 3.68. The van der Waals surface area contributed by atoms with E-state index >= 15 is 0 Å². The Balaban J connectivity index is 1.71. The van der Waals surface area contributed by atoms with E-state index in [0.717, 1.165) is 51.5 Å². The van der Waals surface area contributed by atoms with Crippen molar-refractivity contribution in [3.63, 3.8) is 0 Å². The van der Waals surface area contributed by atoms with Crippen LogP contribution in [0.2, 0.25) is 0 Å². The summed E-state index contributed by atoms with van der Waals surface area (Å²) in [5.41, 5.74) is 6.56. The Morgan fingerprint density at radius 3 is 1.29 bits per heavy atom. The standard InChI is InChI=1S/C30H23NO4/c32-29(33)20-10-22-6-14-26(15-7-22)31(27-16-8-23(9-17-27)11-21-30(34)35)28-18-12-25(13-19-28)24-4-2-1-3-5-24/h1-21H,(H,32,33)(H,34,35)/b20-10+,21-11+. The summed E-state index contributed by atoms with van der Waals surface area (Å²) in [6.07, 6.45) is 5.32. The largest absolute Gasteiger partial charge is 0.478 e. The molecule has 0 aliphatic rings. The third kappa shape index (κ3) is 6.12.